The van der Waals surface area contributed by atoms with Crippen LogP contribution in [0.15, 0.2) is 30.3 Å². The van der Waals surface area contributed by atoms with Crippen LogP contribution in [0.2, 0.25) is 0 Å². The first kappa shape index (κ1) is 15.5. The van der Waals surface area contributed by atoms with Gasteiger partial charge in [-0.1, -0.05) is 30.3 Å². The van der Waals surface area contributed by atoms with E-state index in [9.17, 15) is 4.79 Å². The van der Waals surface area contributed by atoms with Crippen molar-refractivity contribution in [2.24, 2.45) is 5.73 Å². The third-order valence-corrected chi connectivity index (χ3v) is 4.45. The zero-order valence-electron chi connectivity index (χ0n) is 12.8. The Morgan fingerprint density at radius 1 is 1.23 bits per heavy atom. The normalized spacial score (nSPS) is 26.9. The van der Waals surface area contributed by atoms with Crippen molar-refractivity contribution < 1.29 is 14.3 Å². The number of nitrogens with zero attached hydrogens (tertiary/aromatic N) is 1. The van der Waals surface area contributed by atoms with Gasteiger partial charge in [-0.25, -0.2) is 0 Å². The Balaban J connectivity index is 1.55. The molecule has 3 atom stereocenters. The van der Waals surface area contributed by atoms with E-state index in [1.165, 1.54) is 0 Å². The molecule has 22 heavy (non-hydrogen) atoms. The highest BCUT2D eigenvalue weighted by Crippen LogP contribution is 2.22. The van der Waals surface area contributed by atoms with E-state index in [1.54, 1.807) is 0 Å². The Kier molecular flexibility index (Phi) is 5.08. The van der Waals surface area contributed by atoms with Crippen LogP contribution in [0, 0.1) is 0 Å². The van der Waals surface area contributed by atoms with Gasteiger partial charge in [0.2, 0.25) is 5.91 Å². The van der Waals surface area contributed by atoms with Crippen molar-refractivity contribution in [1.29, 1.82) is 0 Å². The van der Waals surface area contributed by atoms with E-state index in [4.69, 9.17) is 15.2 Å². The second-order valence-electron chi connectivity index (χ2n) is 6.02. The number of rotatable bonds is 4. The SMILES string of the molecule is N[C@H](CC(=O)N1CCO[C@@H]([C@H]2CCCO2)C1)c1ccccc1. The molecule has 0 spiro atoms. The third-order valence-electron chi connectivity index (χ3n) is 4.45. The van der Waals surface area contributed by atoms with Crippen LogP contribution >= 0.6 is 0 Å². The summed E-state index contributed by atoms with van der Waals surface area (Å²) in [5.41, 5.74) is 7.16. The van der Waals surface area contributed by atoms with Crippen LogP contribution in [0.1, 0.15) is 30.9 Å². The minimum absolute atomic E-state index is 0.00755. The molecule has 2 aliphatic rings. The molecular weight excluding hydrogens is 280 g/mol. The molecule has 0 radical (unpaired) electrons. The fraction of sp³-hybridized carbons (Fsp3) is 0.588. The van der Waals surface area contributed by atoms with E-state index >= 15 is 0 Å². The molecule has 2 N–H and O–H groups in total. The lowest BCUT2D eigenvalue weighted by Gasteiger charge is -2.35. The van der Waals surface area contributed by atoms with Gasteiger partial charge in [-0.05, 0) is 18.4 Å². The highest BCUT2D eigenvalue weighted by atomic mass is 16.5. The quantitative estimate of drug-likeness (QED) is 0.915. The number of ether oxygens (including phenoxy) is 2. The predicted octanol–water partition coefficient (Wildman–Crippen LogP) is 1.48. The summed E-state index contributed by atoms with van der Waals surface area (Å²) in [4.78, 5) is 14.4. The lowest BCUT2D eigenvalue weighted by Crippen LogP contribution is -2.50. The highest BCUT2D eigenvalue weighted by Gasteiger charge is 2.33. The van der Waals surface area contributed by atoms with Gasteiger partial charge in [0.05, 0.1) is 12.7 Å². The monoisotopic (exact) mass is 304 g/mol. The highest BCUT2D eigenvalue weighted by molar-refractivity contribution is 5.77. The van der Waals surface area contributed by atoms with Crippen LogP contribution in [-0.2, 0) is 14.3 Å². The lowest BCUT2D eigenvalue weighted by atomic mass is 10.0. The van der Waals surface area contributed by atoms with Gasteiger partial charge in [0.15, 0.2) is 0 Å². The zero-order chi connectivity index (χ0) is 15.4. The Hall–Kier alpha value is -1.43. The second kappa shape index (κ2) is 7.22. The number of carbonyl (C=O) groups excluding carboxylic acids is 1. The summed E-state index contributed by atoms with van der Waals surface area (Å²) in [6.07, 6.45) is 2.59. The summed E-state index contributed by atoms with van der Waals surface area (Å²) in [6, 6.07) is 9.52. The first-order chi connectivity index (χ1) is 10.7. The number of benzene rings is 1. The number of amides is 1. The number of carbonyl (C=O) groups is 1. The molecule has 1 amide bonds. The summed E-state index contributed by atoms with van der Waals surface area (Å²) in [6.45, 7) is 2.64. The molecular formula is C17H24N2O3. The van der Waals surface area contributed by atoms with Crippen LogP contribution in [-0.4, -0.2) is 49.3 Å². The van der Waals surface area contributed by atoms with E-state index in [0.717, 1.165) is 25.0 Å². The van der Waals surface area contributed by atoms with Gasteiger partial charge >= 0.3 is 0 Å². The van der Waals surface area contributed by atoms with Crippen molar-refractivity contribution in [1.82, 2.24) is 4.90 Å². The molecule has 120 valence electrons. The summed E-state index contributed by atoms with van der Waals surface area (Å²) in [5, 5.41) is 0. The Morgan fingerprint density at radius 2 is 2.00 bits per heavy atom. The molecule has 3 rings (SSSR count). The largest absolute Gasteiger partial charge is 0.375 e. The summed E-state index contributed by atoms with van der Waals surface area (Å²) in [5.74, 6) is 0.0997. The molecule has 5 heteroatoms. The van der Waals surface area contributed by atoms with Crippen LogP contribution in [0.4, 0.5) is 0 Å². The zero-order valence-corrected chi connectivity index (χ0v) is 12.8. The van der Waals surface area contributed by atoms with E-state index in [-0.39, 0.29) is 24.2 Å². The molecule has 5 nitrogen and oxygen atoms in total. The Bertz CT molecular complexity index is 488. The third kappa shape index (κ3) is 3.66. The van der Waals surface area contributed by atoms with Gasteiger partial charge in [-0.3, -0.25) is 4.79 Å². The van der Waals surface area contributed by atoms with Crippen LogP contribution in [0.3, 0.4) is 0 Å². The van der Waals surface area contributed by atoms with Gasteiger partial charge in [0.25, 0.3) is 0 Å². The van der Waals surface area contributed by atoms with Crippen molar-refractivity contribution in [2.45, 2.75) is 37.5 Å². The minimum atomic E-state index is -0.252. The first-order valence-electron chi connectivity index (χ1n) is 8.05. The maximum atomic E-state index is 12.5. The van der Waals surface area contributed by atoms with E-state index < -0.39 is 0 Å². The summed E-state index contributed by atoms with van der Waals surface area (Å²) < 4.78 is 11.5. The van der Waals surface area contributed by atoms with Crippen molar-refractivity contribution in [3.8, 4) is 0 Å². The second-order valence-corrected chi connectivity index (χ2v) is 6.02. The molecule has 2 aliphatic heterocycles. The Labute approximate surface area is 131 Å². The average molecular weight is 304 g/mol. The van der Waals surface area contributed by atoms with Gasteiger partial charge in [0, 0.05) is 32.2 Å². The van der Waals surface area contributed by atoms with E-state index in [1.807, 2.05) is 35.2 Å². The molecule has 0 aliphatic carbocycles. The van der Waals surface area contributed by atoms with Gasteiger partial charge in [-0.15, -0.1) is 0 Å². The van der Waals surface area contributed by atoms with Gasteiger partial charge in [-0.2, -0.15) is 0 Å². The summed E-state index contributed by atoms with van der Waals surface area (Å²) in [7, 11) is 0. The van der Waals surface area contributed by atoms with Crippen molar-refractivity contribution in [3.63, 3.8) is 0 Å². The molecule has 2 heterocycles. The molecule has 0 saturated carbocycles. The molecule has 0 bridgehead atoms. The Morgan fingerprint density at radius 3 is 2.73 bits per heavy atom. The maximum absolute atomic E-state index is 12.5. The maximum Gasteiger partial charge on any atom is 0.224 e. The van der Waals surface area contributed by atoms with Crippen molar-refractivity contribution >= 4 is 5.91 Å². The van der Waals surface area contributed by atoms with Gasteiger partial charge in [0.1, 0.15) is 6.10 Å². The van der Waals surface area contributed by atoms with Crippen LogP contribution in [0.5, 0.6) is 0 Å². The molecule has 0 unspecified atom stereocenters. The van der Waals surface area contributed by atoms with Crippen molar-refractivity contribution in [2.75, 3.05) is 26.3 Å². The topological polar surface area (TPSA) is 64.8 Å². The minimum Gasteiger partial charge on any atom is -0.375 e. The molecule has 1 aromatic carbocycles. The van der Waals surface area contributed by atoms with Crippen LogP contribution < -0.4 is 5.73 Å². The number of morpholine rings is 1. The first-order valence-corrected chi connectivity index (χ1v) is 8.05. The lowest BCUT2D eigenvalue weighted by molar-refractivity contribution is -0.145. The molecule has 2 saturated heterocycles. The fourth-order valence-corrected chi connectivity index (χ4v) is 3.16. The summed E-state index contributed by atoms with van der Waals surface area (Å²) >= 11 is 0. The standard InChI is InChI=1S/C17H24N2O3/c18-14(13-5-2-1-3-6-13)11-17(20)19-8-10-22-16(12-19)15-7-4-9-21-15/h1-3,5-6,14-16H,4,7-12,18H2/t14-,15-,16-/m1/s1. The predicted molar refractivity (Wildman–Crippen MR) is 83.3 cm³/mol. The number of hydrogen-bond donors (Lipinski definition) is 1. The van der Waals surface area contributed by atoms with Crippen LogP contribution in [0.25, 0.3) is 0 Å². The molecule has 2 fully saturated rings. The molecule has 0 aromatic heterocycles. The van der Waals surface area contributed by atoms with E-state index in [0.29, 0.717) is 26.1 Å². The van der Waals surface area contributed by atoms with E-state index in [2.05, 4.69) is 0 Å². The molecule has 1 aromatic rings. The fourth-order valence-electron chi connectivity index (χ4n) is 3.16. The van der Waals surface area contributed by atoms with Crippen molar-refractivity contribution in [3.05, 3.63) is 35.9 Å². The average Bonchev–Trinajstić information content (AvgIpc) is 3.10. The van der Waals surface area contributed by atoms with Gasteiger partial charge < -0.3 is 20.1 Å². The number of hydrogen-bond acceptors (Lipinski definition) is 4. The number of nitrogens with two attached hydrogens (primary N) is 1. The smallest absolute Gasteiger partial charge is 0.224 e.